The number of carbonyl (C=O) groups excluding carboxylic acids is 2. The Hall–Kier alpha value is -2.60. The normalized spacial score (nSPS) is 16.0. The fourth-order valence-electron chi connectivity index (χ4n) is 2.36. The van der Waals surface area contributed by atoms with E-state index in [1.165, 1.54) is 6.08 Å². The Morgan fingerprint density at radius 1 is 1.17 bits per heavy atom. The third-order valence-electron chi connectivity index (χ3n) is 3.45. The zero-order valence-corrected chi connectivity index (χ0v) is 13.8. The van der Waals surface area contributed by atoms with E-state index in [1.807, 2.05) is 47.2 Å². The lowest BCUT2D eigenvalue weighted by atomic mass is 10.2. The topological polar surface area (TPSA) is 54.3 Å². The zero-order valence-electron chi connectivity index (χ0n) is 12.2. The smallest absolute Gasteiger partial charge is 0.317 e. The number of rotatable bonds is 4. The van der Waals surface area contributed by atoms with Gasteiger partial charge in [0.15, 0.2) is 0 Å². The molecule has 1 aliphatic rings. The quantitative estimate of drug-likeness (QED) is 0.509. The predicted octanol–water partition coefficient (Wildman–Crippen LogP) is 3.32. The molecule has 1 aromatic heterocycles. The molecule has 3 rings (SSSR count). The summed E-state index contributed by atoms with van der Waals surface area (Å²) in [6.45, 7) is 3.74. The van der Waals surface area contributed by atoms with Crippen molar-refractivity contribution in [2.45, 2.75) is 0 Å². The number of aromatic nitrogens is 1. The molecule has 1 aromatic carbocycles. The Labute approximate surface area is 142 Å². The number of hydrogen-bond acceptors (Lipinski definition) is 2. The van der Waals surface area contributed by atoms with Gasteiger partial charge in [0.05, 0.1) is 0 Å². The molecule has 23 heavy (non-hydrogen) atoms. The van der Waals surface area contributed by atoms with Crippen molar-refractivity contribution < 1.29 is 9.59 Å². The Morgan fingerprint density at radius 3 is 2.61 bits per heavy atom. The summed E-state index contributed by atoms with van der Waals surface area (Å²) in [5.41, 5.74) is 2.02. The van der Waals surface area contributed by atoms with E-state index in [0.717, 1.165) is 20.8 Å². The van der Waals surface area contributed by atoms with Crippen molar-refractivity contribution in [3.8, 4) is 5.69 Å². The highest BCUT2D eigenvalue weighted by Crippen LogP contribution is 2.19. The first-order valence-corrected chi connectivity index (χ1v) is 7.78. The largest absolute Gasteiger partial charge is 0.329 e. The molecular weight excluding hydrogens is 358 g/mol. The average Bonchev–Trinajstić information content (AvgIpc) is 3.09. The van der Waals surface area contributed by atoms with Crippen LogP contribution in [0, 0.1) is 0 Å². The van der Waals surface area contributed by atoms with Gasteiger partial charge >= 0.3 is 6.03 Å². The van der Waals surface area contributed by atoms with Gasteiger partial charge in [-0.05, 0) is 42.5 Å². The standard InChI is InChI=1S/C17H14BrN3O2/c1-2-9-21-16(22)15(19-17(21)23)11-14-4-3-10-20(14)13-7-5-12(18)6-8-13/h2-8,10-11H,1,9H2,(H,19,23). The van der Waals surface area contributed by atoms with Crippen LogP contribution in [0.5, 0.6) is 0 Å². The molecule has 6 heteroatoms. The number of hydrogen-bond donors (Lipinski definition) is 1. The van der Waals surface area contributed by atoms with Crippen molar-refractivity contribution >= 4 is 33.9 Å². The molecule has 1 fully saturated rings. The van der Waals surface area contributed by atoms with Gasteiger partial charge in [0.1, 0.15) is 5.70 Å². The average molecular weight is 372 g/mol. The molecule has 3 amide bonds. The van der Waals surface area contributed by atoms with Gasteiger partial charge in [0.2, 0.25) is 0 Å². The number of imide groups is 1. The number of nitrogens with zero attached hydrogens (tertiary/aromatic N) is 2. The van der Waals surface area contributed by atoms with E-state index in [1.54, 1.807) is 6.08 Å². The van der Waals surface area contributed by atoms with Crippen LogP contribution in [0.1, 0.15) is 5.69 Å². The number of nitrogens with one attached hydrogen (secondary N) is 1. The summed E-state index contributed by atoms with van der Waals surface area (Å²) >= 11 is 3.41. The summed E-state index contributed by atoms with van der Waals surface area (Å²) in [4.78, 5) is 25.2. The van der Waals surface area contributed by atoms with Gasteiger partial charge < -0.3 is 9.88 Å². The van der Waals surface area contributed by atoms with Crippen LogP contribution in [0.25, 0.3) is 11.8 Å². The van der Waals surface area contributed by atoms with Crippen molar-refractivity contribution in [2.24, 2.45) is 0 Å². The van der Waals surface area contributed by atoms with E-state index in [4.69, 9.17) is 0 Å². The zero-order chi connectivity index (χ0) is 16.4. The number of carbonyl (C=O) groups is 2. The third-order valence-corrected chi connectivity index (χ3v) is 3.98. The Bertz CT molecular complexity index is 806. The molecule has 116 valence electrons. The summed E-state index contributed by atoms with van der Waals surface area (Å²) in [6.07, 6.45) is 5.09. The van der Waals surface area contributed by atoms with Gasteiger partial charge in [0, 0.05) is 28.6 Å². The first-order chi connectivity index (χ1) is 11.1. The maximum atomic E-state index is 12.2. The van der Waals surface area contributed by atoms with Gasteiger partial charge in [-0.15, -0.1) is 6.58 Å². The van der Waals surface area contributed by atoms with Crippen molar-refractivity contribution in [2.75, 3.05) is 6.54 Å². The van der Waals surface area contributed by atoms with E-state index in [9.17, 15) is 9.59 Å². The minimum absolute atomic E-state index is 0.190. The second-order valence-corrected chi connectivity index (χ2v) is 5.89. The summed E-state index contributed by atoms with van der Waals surface area (Å²) in [5, 5.41) is 2.59. The van der Waals surface area contributed by atoms with Crippen LogP contribution >= 0.6 is 15.9 Å². The fraction of sp³-hybridized carbons (Fsp3) is 0.0588. The van der Waals surface area contributed by atoms with E-state index >= 15 is 0 Å². The van der Waals surface area contributed by atoms with Gasteiger partial charge in [-0.3, -0.25) is 9.69 Å². The van der Waals surface area contributed by atoms with E-state index in [-0.39, 0.29) is 18.1 Å². The van der Waals surface area contributed by atoms with Gasteiger partial charge in [-0.1, -0.05) is 22.0 Å². The van der Waals surface area contributed by atoms with Crippen LogP contribution in [0.2, 0.25) is 0 Å². The first kappa shape index (κ1) is 15.3. The summed E-state index contributed by atoms with van der Waals surface area (Å²) in [5.74, 6) is -0.349. The van der Waals surface area contributed by atoms with Gasteiger partial charge in [-0.25, -0.2) is 4.79 Å². The monoisotopic (exact) mass is 371 g/mol. The van der Waals surface area contributed by atoms with Crippen molar-refractivity contribution in [3.63, 3.8) is 0 Å². The first-order valence-electron chi connectivity index (χ1n) is 6.99. The molecule has 0 bridgehead atoms. The maximum Gasteiger partial charge on any atom is 0.329 e. The highest BCUT2D eigenvalue weighted by atomic mass is 79.9. The number of benzene rings is 1. The summed E-state index contributed by atoms with van der Waals surface area (Å²) in [6, 6.07) is 11.2. The lowest BCUT2D eigenvalue weighted by molar-refractivity contribution is -0.122. The van der Waals surface area contributed by atoms with Crippen molar-refractivity contribution in [3.05, 3.63) is 71.1 Å². The number of amides is 3. The molecule has 0 unspecified atom stereocenters. The highest BCUT2D eigenvalue weighted by molar-refractivity contribution is 9.10. The predicted molar refractivity (Wildman–Crippen MR) is 91.9 cm³/mol. The molecule has 1 aliphatic heterocycles. The molecule has 1 saturated heterocycles. The maximum absolute atomic E-state index is 12.2. The Morgan fingerprint density at radius 2 is 1.91 bits per heavy atom. The van der Waals surface area contributed by atoms with Crippen LogP contribution in [0.15, 0.2) is 65.4 Å². The van der Waals surface area contributed by atoms with Gasteiger partial charge in [-0.2, -0.15) is 0 Å². The molecule has 0 radical (unpaired) electrons. The molecule has 0 aliphatic carbocycles. The van der Waals surface area contributed by atoms with Crippen LogP contribution in [0.4, 0.5) is 4.79 Å². The molecular formula is C17H14BrN3O2. The Balaban J connectivity index is 1.94. The van der Waals surface area contributed by atoms with E-state index < -0.39 is 6.03 Å². The lowest BCUT2D eigenvalue weighted by Crippen LogP contribution is -2.30. The second kappa shape index (κ2) is 6.26. The lowest BCUT2D eigenvalue weighted by Gasteiger charge is -2.08. The minimum Gasteiger partial charge on any atom is -0.317 e. The molecule has 0 saturated carbocycles. The molecule has 5 nitrogen and oxygen atoms in total. The van der Waals surface area contributed by atoms with Crippen LogP contribution in [-0.4, -0.2) is 28.0 Å². The van der Waals surface area contributed by atoms with Crippen LogP contribution in [-0.2, 0) is 4.79 Å². The van der Waals surface area contributed by atoms with E-state index in [2.05, 4.69) is 27.8 Å². The molecule has 2 heterocycles. The molecule has 0 spiro atoms. The Kier molecular flexibility index (Phi) is 4.16. The van der Waals surface area contributed by atoms with Crippen LogP contribution in [0.3, 0.4) is 0 Å². The summed E-state index contributed by atoms with van der Waals surface area (Å²) in [7, 11) is 0. The fourth-order valence-corrected chi connectivity index (χ4v) is 2.63. The number of halogens is 1. The molecule has 2 aromatic rings. The van der Waals surface area contributed by atoms with Crippen molar-refractivity contribution in [1.29, 1.82) is 0 Å². The van der Waals surface area contributed by atoms with E-state index in [0.29, 0.717) is 0 Å². The molecule has 0 atom stereocenters. The third kappa shape index (κ3) is 2.98. The second-order valence-electron chi connectivity index (χ2n) is 4.97. The van der Waals surface area contributed by atoms with Crippen molar-refractivity contribution in [1.82, 2.24) is 14.8 Å². The van der Waals surface area contributed by atoms with Crippen LogP contribution < -0.4 is 5.32 Å². The number of urea groups is 1. The van der Waals surface area contributed by atoms with Gasteiger partial charge in [0.25, 0.3) is 5.91 Å². The minimum atomic E-state index is -0.428. The summed E-state index contributed by atoms with van der Waals surface area (Å²) < 4.78 is 2.93. The SMILES string of the molecule is C=CCN1C(=O)NC(=Cc2cccn2-c2ccc(Br)cc2)C1=O. The molecule has 1 N–H and O–H groups in total. The highest BCUT2D eigenvalue weighted by Gasteiger charge is 2.32.